The fraction of sp³-hybridized carbons (Fsp3) is 0.833. The minimum atomic E-state index is -0.859. The molecular formula is C6H11FN2O. The van der Waals surface area contributed by atoms with E-state index in [4.69, 9.17) is 0 Å². The van der Waals surface area contributed by atoms with Crippen molar-refractivity contribution >= 4 is 5.91 Å². The standard InChI is InChI=1S/C6H11FN2O/c1-8-6(10)5-2-4(7)3-9-5/h4-5,9H,2-3H2,1H3,(H,8,10)/t4-,5-/m0/s1. The molecule has 1 amide bonds. The van der Waals surface area contributed by atoms with Crippen molar-refractivity contribution < 1.29 is 9.18 Å². The van der Waals surface area contributed by atoms with Crippen molar-refractivity contribution in [1.29, 1.82) is 0 Å². The normalized spacial score (nSPS) is 32.2. The van der Waals surface area contributed by atoms with Gasteiger partial charge in [-0.1, -0.05) is 0 Å². The molecule has 4 heteroatoms. The Balaban J connectivity index is 2.37. The Kier molecular flexibility index (Phi) is 2.21. The summed E-state index contributed by atoms with van der Waals surface area (Å²) in [6.45, 7) is 0.304. The van der Waals surface area contributed by atoms with Gasteiger partial charge in [-0.15, -0.1) is 0 Å². The average Bonchev–Trinajstić information content (AvgIpc) is 2.34. The second-order valence-electron chi connectivity index (χ2n) is 2.41. The molecule has 1 rings (SSSR count). The summed E-state index contributed by atoms with van der Waals surface area (Å²) >= 11 is 0. The third-order valence-electron chi connectivity index (χ3n) is 1.64. The molecule has 0 aliphatic carbocycles. The number of amides is 1. The molecule has 58 valence electrons. The molecule has 2 N–H and O–H groups in total. The Morgan fingerprint density at radius 3 is 2.90 bits per heavy atom. The van der Waals surface area contributed by atoms with Crippen molar-refractivity contribution in [3.05, 3.63) is 0 Å². The van der Waals surface area contributed by atoms with E-state index in [0.717, 1.165) is 0 Å². The highest BCUT2D eigenvalue weighted by Crippen LogP contribution is 2.09. The summed E-state index contributed by atoms with van der Waals surface area (Å²) in [6, 6.07) is -0.319. The summed E-state index contributed by atoms with van der Waals surface area (Å²) < 4.78 is 12.4. The maximum atomic E-state index is 12.4. The zero-order valence-electron chi connectivity index (χ0n) is 5.86. The Hall–Kier alpha value is -0.640. The molecule has 0 bridgehead atoms. The van der Waals surface area contributed by atoms with Crippen LogP contribution in [0.4, 0.5) is 4.39 Å². The second kappa shape index (κ2) is 2.96. The Labute approximate surface area is 59.0 Å². The van der Waals surface area contributed by atoms with Crippen molar-refractivity contribution in [1.82, 2.24) is 10.6 Å². The van der Waals surface area contributed by atoms with Gasteiger partial charge in [0.15, 0.2) is 0 Å². The maximum absolute atomic E-state index is 12.4. The third-order valence-corrected chi connectivity index (χ3v) is 1.64. The van der Waals surface area contributed by atoms with Crippen LogP contribution in [0, 0.1) is 0 Å². The highest BCUT2D eigenvalue weighted by atomic mass is 19.1. The lowest BCUT2D eigenvalue weighted by molar-refractivity contribution is -0.122. The quantitative estimate of drug-likeness (QED) is 0.520. The van der Waals surface area contributed by atoms with Gasteiger partial charge in [-0.3, -0.25) is 4.79 Å². The molecule has 1 aliphatic rings. The van der Waals surface area contributed by atoms with Crippen LogP contribution < -0.4 is 10.6 Å². The second-order valence-corrected chi connectivity index (χ2v) is 2.41. The van der Waals surface area contributed by atoms with Crippen LogP contribution in [0.5, 0.6) is 0 Å². The molecule has 1 saturated heterocycles. The SMILES string of the molecule is CNC(=O)[C@@H]1C[C@H](F)CN1. The van der Waals surface area contributed by atoms with E-state index >= 15 is 0 Å². The van der Waals surface area contributed by atoms with E-state index in [9.17, 15) is 9.18 Å². The Morgan fingerprint density at radius 2 is 2.50 bits per heavy atom. The van der Waals surface area contributed by atoms with E-state index in [2.05, 4.69) is 10.6 Å². The summed E-state index contributed by atoms with van der Waals surface area (Å²) in [6.07, 6.45) is -0.554. The highest BCUT2D eigenvalue weighted by molar-refractivity contribution is 5.81. The van der Waals surface area contributed by atoms with Gasteiger partial charge in [0, 0.05) is 20.0 Å². The Morgan fingerprint density at radius 1 is 1.80 bits per heavy atom. The first-order valence-corrected chi connectivity index (χ1v) is 3.33. The molecule has 2 atom stereocenters. The molecule has 1 fully saturated rings. The van der Waals surface area contributed by atoms with E-state index in [0.29, 0.717) is 13.0 Å². The van der Waals surface area contributed by atoms with E-state index < -0.39 is 6.17 Å². The number of hydrogen-bond acceptors (Lipinski definition) is 2. The number of alkyl halides is 1. The number of rotatable bonds is 1. The fourth-order valence-corrected chi connectivity index (χ4v) is 1.07. The van der Waals surface area contributed by atoms with Gasteiger partial charge < -0.3 is 10.6 Å². The largest absolute Gasteiger partial charge is 0.358 e. The lowest BCUT2D eigenvalue weighted by Gasteiger charge is -2.05. The van der Waals surface area contributed by atoms with E-state index in [1.165, 1.54) is 0 Å². The average molecular weight is 146 g/mol. The van der Waals surface area contributed by atoms with E-state index in [1.807, 2.05) is 0 Å². The van der Waals surface area contributed by atoms with Gasteiger partial charge in [0.25, 0.3) is 0 Å². The van der Waals surface area contributed by atoms with Crippen LogP contribution in [0.3, 0.4) is 0 Å². The number of hydrogen-bond donors (Lipinski definition) is 2. The molecule has 10 heavy (non-hydrogen) atoms. The van der Waals surface area contributed by atoms with E-state index in [1.54, 1.807) is 7.05 Å². The zero-order valence-corrected chi connectivity index (χ0v) is 5.86. The topological polar surface area (TPSA) is 41.1 Å². The molecule has 0 unspecified atom stereocenters. The molecule has 0 aromatic heterocycles. The predicted molar refractivity (Wildman–Crippen MR) is 35.4 cm³/mol. The van der Waals surface area contributed by atoms with Crippen LogP contribution in [0.15, 0.2) is 0 Å². The van der Waals surface area contributed by atoms with Gasteiger partial charge in [0.1, 0.15) is 6.17 Å². The summed E-state index contributed by atoms with van der Waals surface area (Å²) in [5.74, 6) is -0.125. The first-order chi connectivity index (χ1) is 4.74. The summed E-state index contributed by atoms with van der Waals surface area (Å²) in [7, 11) is 1.55. The number of nitrogens with one attached hydrogen (secondary N) is 2. The van der Waals surface area contributed by atoms with Crippen molar-refractivity contribution in [3.63, 3.8) is 0 Å². The van der Waals surface area contributed by atoms with Crippen molar-refractivity contribution in [2.24, 2.45) is 0 Å². The highest BCUT2D eigenvalue weighted by Gasteiger charge is 2.28. The zero-order chi connectivity index (χ0) is 7.56. The number of likely N-dealkylation sites (N-methyl/N-ethyl adjacent to an activating group) is 1. The molecule has 0 aromatic rings. The number of halogens is 1. The molecule has 3 nitrogen and oxygen atoms in total. The van der Waals surface area contributed by atoms with Crippen LogP contribution in [0.2, 0.25) is 0 Å². The number of carbonyl (C=O) groups is 1. The van der Waals surface area contributed by atoms with Crippen LogP contribution in [-0.4, -0.2) is 31.7 Å². The predicted octanol–water partition coefficient (Wildman–Crippen LogP) is -0.568. The first kappa shape index (κ1) is 7.47. The van der Waals surface area contributed by atoms with Crippen LogP contribution >= 0.6 is 0 Å². The minimum Gasteiger partial charge on any atom is -0.358 e. The van der Waals surface area contributed by atoms with Crippen LogP contribution in [0.25, 0.3) is 0 Å². The van der Waals surface area contributed by atoms with Crippen molar-refractivity contribution in [2.75, 3.05) is 13.6 Å². The van der Waals surface area contributed by atoms with Gasteiger partial charge in [-0.25, -0.2) is 4.39 Å². The van der Waals surface area contributed by atoms with Crippen LogP contribution in [0.1, 0.15) is 6.42 Å². The Bertz CT molecular complexity index is 140. The molecule has 1 heterocycles. The lowest BCUT2D eigenvalue weighted by Crippen LogP contribution is -2.38. The molecule has 0 saturated carbocycles. The summed E-state index contributed by atoms with van der Waals surface area (Å²) in [5.41, 5.74) is 0. The molecule has 0 aromatic carbocycles. The van der Waals surface area contributed by atoms with Gasteiger partial charge >= 0.3 is 0 Å². The van der Waals surface area contributed by atoms with E-state index in [-0.39, 0.29) is 11.9 Å². The summed E-state index contributed by atoms with van der Waals surface area (Å²) in [5, 5.41) is 5.23. The molecule has 0 radical (unpaired) electrons. The van der Waals surface area contributed by atoms with Gasteiger partial charge in [0.2, 0.25) is 5.91 Å². The molecule has 0 spiro atoms. The third kappa shape index (κ3) is 1.44. The summed E-state index contributed by atoms with van der Waals surface area (Å²) in [4.78, 5) is 10.8. The van der Waals surface area contributed by atoms with Crippen molar-refractivity contribution in [2.45, 2.75) is 18.6 Å². The molecular weight excluding hydrogens is 135 g/mol. The lowest BCUT2D eigenvalue weighted by atomic mass is 10.2. The minimum absolute atomic E-state index is 0.125. The first-order valence-electron chi connectivity index (χ1n) is 3.33. The fourth-order valence-electron chi connectivity index (χ4n) is 1.07. The van der Waals surface area contributed by atoms with Crippen molar-refractivity contribution in [3.8, 4) is 0 Å². The maximum Gasteiger partial charge on any atom is 0.236 e. The van der Waals surface area contributed by atoms with Gasteiger partial charge in [0.05, 0.1) is 6.04 Å². The van der Waals surface area contributed by atoms with Gasteiger partial charge in [-0.2, -0.15) is 0 Å². The van der Waals surface area contributed by atoms with Gasteiger partial charge in [-0.05, 0) is 0 Å². The monoisotopic (exact) mass is 146 g/mol. The van der Waals surface area contributed by atoms with Crippen LogP contribution in [-0.2, 0) is 4.79 Å². The smallest absolute Gasteiger partial charge is 0.236 e. The number of carbonyl (C=O) groups excluding carboxylic acids is 1. The molecule has 1 aliphatic heterocycles.